The smallest absolute Gasteiger partial charge is 0.153 e. The SMILES string of the molecule is Cc1cc2c(Br)ccc(C=O)c2o1. The molecule has 66 valence electrons. The fourth-order valence-electron chi connectivity index (χ4n) is 1.33. The Morgan fingerprint density at radius 1 is 1.46 bits per heavy atom. The van der Waals surface area contributed by atoms with E-state index >= 15 is 0 Å². The lowest BCUT2D eigenvalue weighted by atomic mass is 10.2. The lowest BCUT2D eigenvalue weighted by Crippen LogP contribution is -1.79. The van der Waals surface area contributed by atoms with Crippen LogP contribution in [0.3, 0.4) is 0 Å². The van der Waals surface area contributed by atoms with Gasteiger partial charge in [-0.3, -0.25) is 4.79 Å². The first-order chi connectivity index (χ1) is 6.22. The summed E-state index contributed by atoms with van der Waals surface area (Å²) in [6, 6.07) is 5.50. The number of carbonyl (C=O) groups is 1. The van der Waals surface area contributed by atoms with Crippen LogP contribution in [0.2, 0.25) is 0 Å². The van der Waals surface area contributed by atoms with Crippen LogP contribution in [0, 0.1) is 6.92 Å². The first-order valence-electron chi connectivity index (χ1n) is 3.86. The van der Waals surface area contributed by atoms with Crippen LogP contribution in [0.15, 0.2) is 27.1 Å². The van der Waals surface area contributed by atoms with Gasteiger partial charge in [-0.25, -0.2) is 0 Å². The van der Waals surface area contributed by atoms with E-state index in [1.807, 2.05) is 19.1 Å². The molecule has 2 nitrogen and oxygen atoms in total. The molecule has 2 aromatic rings. The molecular formula is C10H7BrO2. The van der Waals surface area contributed by atoms with E-state index in [1.165, 1.54) is 0 Å². The van der Waals surface area contributed by atoms with Gasteiger partial charge in [-0.2, -0.15) is 0 Å². The van der Waals surface area contributed by atoms with E-state index in [4.69, 9.17) is 4.42 Å². The average molecular weight is 239 g/mol. The molecule has 0 unspecified atom stereocenters. The molecule has 1 aromatic carbocycles. The Bertz CT molecular complexity index is 471. The van der Waals surface area contributed by atoms with Crippen molar-refractivity contribution in [2.75, 3.05) is 0 Å². The molecule has 0 N–H and O–H groups in total. The second kappa shape index (κ2) is 3.00. The molecule has 3 heteroatoms. The van der Waals surface area contributed by atoms with Gasteiger partial charge in [0.15, 0.2) is 6.29 Å². The van der Waals surface area contributed by atoms with E-state index in [1.54, 1.807) is 6.07 Å². The maximum Gasteiger partial charge on any atom is 0.153 e. The van der Waals surface area contributed by atoms with Crippen LogP contribution in [0.5, 0.6) is 0 Å². The zero-order valence-electron chi connectivity index (χ0n) is 7.00. The van der Waals surface area contributed by atoms with Gasteiger partial charge in [-0.15, -0.1) is 0 Å². The lowest BCUT2D eigenvalue weighted by molar-refractivity contribution is 0.112. The highest BCUT2D eigenvalue weighted by Gasteiger charge is 2.08. The fraction of sp³-hybridized carbons (Fsp3) is 0.100. The highest BCUT2D eigenvalue weighted by Crippen LogP contribution is 2.28. The van der Waals surface area contributed by atoms with Crippen LogP contribution in [0.25, 0.3) is 11.0 Å². The highest BCUT2D eigenvalue weighted by molar-refractivity contribution is 9.10. The summed E-state index contributed by atoms with van der Waals surface area (Å²) in [7, 11) is 0. The maximum absolute atomic E-state index is 10.7. The van der Waals surface area contributed by atoms with Crippen molar-refractivity contribution in [2.45, 2.75) is 6.92 Å². The Morgan fingerprint density at radius 3 is 2.92 bits per heavy atom. The van der Waals surface area contributed by atoms with Crippen LogP contribution in [0.1, 0.15) is 16.1 Å². The van der Waals surface area contributed by atoms with Crippen molar-refractivity contribution in [3.05, 3.63) is 34.0 Å². The maximum atomic E-state index is 10.7. The zero-order valence-corrected chi connectivity index (χ0v) is 8.59. The zero-order chi connectivity index (χ0) is 9.42. The minimum Gasteiger partial charge on any atom is -0.461 e. The molecule has 0 spiro atoms. The van der Waals surface area contributed by atoms with Gasteiger partial charge in [0, 0.05) is 9.86 Å². The predicted octanol–water partition coefficient (Wildman–Crippen LogP) is 3.32. The number of hydrogen-bond donors (Lipinski definition) is 0. The molecule has 2 rings (SSSR count). The summed E-state index contributed by atoms with van der Waals surface area (Å²) in [6.45, 7) is 1.86. The highest BCUT2D eigenvalue weighted by atomic mass is 79.9. The number of halogens is 1. The number of fused-ring (bicyclic) bond motifs is 1. The number of rotatable bonds is 1. The van der Waals surface area contributed by atoms with E-state index < -0.39 is 0 Å². The average Bonchev–Trinajstić information content (AvgIpc) is 2.48. The summed E-state index contributed by atoms with van der Waals surface area (Å²) in [5, 5.41) is 0.946. The molecule has 0 aliphatic carbocycles. The summed E-state index contributed by atoms with van der Waals surface area (Å²) in [5.41, 5.74) is 1.24. The number of hydrogen-bond acceptors (Lipinski definition) is 2. The van der Waals surface area contributed by atoms with Crippen LogP contribution in [0.4, 0.5) is 0 Å². The van der Waals surface area contributed by atoms with E-state index in [-0.39, 0.29) is 0 Å². The van der Waals surface area contributed by atoms with E-state index in [2.05, 4.69) is 15.9 Å². The number of benzene rings is 1. The van der Waals surface area contributed by atoms with Gasteiger partial charge in [0.25, 0.3) is 0 Å². The van der Waals surface area contributed by atoms with Crippen LogP contribution < -0.4 is 0 Å². The minimum atomic E-state index is 0.589. The van der Waals surface area contributed by atoms with Gasteiger partial charge in [0.2, 0.25) is 0 Å². The molecule has 0 saturated heterocycles. The minimum absolute atomic E-state index is 0.589. The largest absolute Gasteiger partial charge is 0.461 e. The molecule has 0 atom stereocenters. The summed E-state index contributed by atoms with van der Waals surface area (Å²) in [5.74, 6) is 0.810. The van der Waals surface area contributed by atoms with Gasteiger partial charge < -0.3 is 4.42 Å². The molecule has 0 aliphatic rings. The summed E-state index contributed by atoms with van der Waals surface area (Å²) in [4.78, 5) is 10.7. The Kier molecular flexibility index (Phi) is 1.96. The second-order valence-electron chi connectivity index (χ2n) is 2.85. The van der Waals surface area contributed by atoms with Gasteiger partial charge in [-0.05, 0) is 25.1 Å². The third-order valence-electron chi connectivity index (χ3n) is 1.91. The molecule has 0 saturated carbocycles. The van der Waals surface area contributed by atoms with Crippen molar-refractivity contribution >= 4 is 33.2 Å². The third kappa shape index (κ3) is 1.29. The first kappa shape index (κ1) is 8.51. The number of aryl methyl sites for hydroxylation is 1. The van der Waals surface area contributed by atoms with Gasteiger partial charge in [-0.1, -0.05) is 15.9 Å². The molecule has 0 bridgehead atoms. The van der Waals surface area contributed by atoms with E-state index in [0.29, 0.717) is 11.1 Å². The van der Waals surface area contributed by atoms with Gasteiger partial charge in [0.05, 0.1) is 5.56 Å². The third-order valence-corrected chi connectivity index (χ3v) is 2.60. The molecule has 1 aromatic heterocycles. The van der Waals surface area contributed by atoms with E-state index in [0.717, 1.165) is 21.9 Å². The fourth-order valence-corrected chi connectivity index (χ4v) is 1.75. The van der Waals surface area contributed by atoms with Crippen LogP contribution in [-0.2, 0) is 0 Å². The van der Waals surface area contributed by atoms with Gasteiger partial charge in [0.1, 0.15) is 11.3 Å². The van der Waals surface area contributed by atoms with Crippen LogP contribution >= 0.6 is 15.9 Å². The molecule has 0 aliphatic heterocycles. The lowest BCUT2D eigenvalue weighted by Gasteiger charge is -1.94. The number of furan rings is 1. The monoisotopic (exact) mass is 238 g/mol. The normalized spacial score (nSPS) is 10.6. The molecule has 0 fully saturated rings. The number of carbonyl (C=O) groups excluding carboxylic acids is 1. The summed E-state index contributed by atoms with van der Waals surface area (Å²) < 4.78 is 6.36. The van der Waals surface area contributed by atoms with Crippen molar-refractivity contribution in [3.8, 4) is 0 Å². The Morgan fingerprint density at radius 2 is 2.23 bits per heavy atom. The molecule has 1 heterocycles. The second-order valence-corrected chi connectivity index (χ2v) is 3.71. The van der Waals surface area contributed by atoms with Crippen molar-refractivity contribution in [2.24, 2.45) is 0 Å². The standard InChI is InChI=1S/C10H7BrO2/c1-6-4-8-9(11)3-2-7(5-12)10(8)13-6/h2-5H,1H3. The van der Waals surface area contributed by atoms with Crippen LogP contribution in [-0.4, -0.2) is 6.29 Å². The first-order valence-corrected chi connectivity index (χ1v) is 4.65. The quantitative estimate of drug-likeness (QED) is 0.714. The molecular weight excluding hydrogens is 232 g/mol. The van der Waals surface area contributed by atoms with Crippen molar-refractivity contribution < 1.29 is 9.21 Å². The molecule has 0 radical (unpaired) electrons. The Balaban J connectivity index is 2.91. The van der Waals surface area contributed by atoms with E-state index in [9.17, 15) is 4.79 Å². The summed E-state index contributed by atoms with van der Waals surface area (Å²) >= 11 is 3.40. The molecule has 13 heavy (non-hydrogen) atoms. The van der Waals surface area contributed by atoms with Crippen molar-refractivity contribution in [1.29, 1.82) is 0 Å². The topological polar surface area (TPSA) is 30.2 Å². The predicted molar refractivity (Wildman–Crippen MR) is 54.0 cm³/mol. The Labute approximate surface area is 83.7 Å². The Hall–Kier alpha value is -1.09. The van der Waals surface area contributed by atoms with Crippen molar-refractivity contribution in [3.63, 3.8) is 0 Å². The number of aldehydes is 1. The summed E-state index contributed by atoms with van der Waals surface area (Å²) in [6.07, 6.45) is 0.803. The van der Waals surface area contributed by atoms with Gasteiger partial charge >= 0.3 is 0 Å². The molecule has 0 amide bonds. The van der Waals surface area contributed by atoms with Crippen molar-refractivity contribution in [1.82, 2.24) is 0 Å².